The molecule has 0 radical (unpaired) electrons. The fourth-order valence-corrected chi connectivity index (χ4v) is 3.92. The molecule has 2 rings (SSSR count). The smallest absolute Gasteiger partial charge is 0.0351 e. The zero-order valence-electron chi connectivity index (χ0n) is 13.2. The molecule has 1 aliphatic rings. The van der Waals surface area contributed by atoms with Crippen LogP contribution < -0.4 is 5.32 Å². The van der Waals surface area contributed by atoms with E-state index in [1.807, 2.05) is 0 Å². The van der Waals surface area contributed by atoms with Gasteiger partial charge in [0.25, 0.3) is 0 Å². The Morgan fingerprint density at radius 3 is 2.00 bits per heavy atom. The van der Waals surface area contributed by atoms with Gasteiger partial charge in [0.05, 0.1) is 0 Å². The van der Waals surface area contributed by atoms with Gasteiger partial charge in [0, 0.05) is 6.04 Å². The number of aryl methyl sites for hydroxylation is 3. The summed E-state index contributed by atoms with van der Waals surface area (Å²) in [7, 11) is 2.13. The normalized spacial score (nSPS) is 25.3. The van der Waals surface area contributed by atoms with E-state index in [0.717, 1.165) is 11.8 Å². The molecule has 0 saturated heterocycles. The van der Waals surface area contributed by atoms with E-state index in [9.17, 15) is 0 Å². The van der Waals surface area contributed by atoms with E-state index in [1.165, 1.54) is 42.4 Å². The summed E-state index contributed by atoms with van der Waals surface area (Å²) in [6, 6.07) is 5.20. The van der Waals surface area contributed by atoms with Gasteiger partial charge < -0.3 is 5.32 Å². The second kappa shape index (κ2) is 6.09. The average molecular weight is 259 g/mol. The molecular weight excluding hydrogens is 230 g/mol. The van der Waals surface area contributed by atoms with Crippen molar-refractivity contribution in [2.24, 2.45) is 11.8 Å². The number of hydrogen-bond acceptors (Lipinski definition) is 1. The summed E-state index contributed by atoms with van der Waals surface area (Å²) in [5, 5.41) is 3.60. The topological polar surface area (TPSA) is 12.0 Å². The molecule has 1 aromatic carbocycles. The Morgan fingerprint density at radius 2 is 1.53 bits per heavy atom. The predicted octanol–water partition coefficient (Wildman–Crippen LogP) is 4.70. The number of nitrogens with one attached hydrogen (secondary N) is 1. The van der Waals surface area contributed by atoms with Crippen LogP contribution in [0.4, 0.5) is 0 Å². The molecule has 0 amide bonds. The molecule has 0 spiro atoms. The minimum atomic E-state index is 0.535. The molecule has 1 fully saturated rings. The van der Waals surface area contributed by atoms with Crippen LogP contribution in [0.2, 0.25) is 0 Å². The molecule has 0 heterocycles. The van der Waals surface area contributed by atoms with Crippen LogP contribution in [-0.4, -0.2) is 7.05 Å². The van der Waals surface area contributed by atoms with Crippen LogP contribution in [0.15, 0.2) is 12.1 Å². The maximum absolute atomic E-state index is 3.60. The van der Waals surface area contributed by atoms with Crippen LogP contribution in [0.1, 0.15) is 60.9 Å². The zero-order chi connectivity index (χ0) is 14.0. The van der Waals surface area contributed by atoms with Crippen molar-refractivity contribution in [3.8, 4) is 0 Å². The monoisotopic (exact) mass is 259 g/mol. The van der Waals surface area contributed by atoms with E-state index >= 15 is 0 Å². The lowest BCUT2D eigenvalue weighted by atomic mass is 9.75. The molecule has 1 nitrogen and oxygen atoms in total. The van der Waals surface area contributed by atoms with Gasteiger partial charge in [-0.1, -0.05) is 37.5 Å². The van der Waals surface area contributed by atoms with Crippen molar-refractivity contribution >= 4 is 0 Å². The van der Waals surface area contributed by atoms with Gasteiger partial charge in [0.15, 0.2) is 0 Å². The van der Waals surface area contributed by atoms with E-state index in [2.05, 4.69) is 52.2 Å². The molecule has 0 bridgehead atoms. The molecule has 1 aliphatic carbocycles. The molecule has 1 saturated carbocycles. The van der Waals surface area contributed by atoms with E-state index < -0.39 is 0 Å². The van der Waals surface area contributed by atoms with Crippen LogP contribution in [0.5, 0.6) is 0 Å². The van der Waals surface area contributed by atoms with Gasteiger partial charge in [-0.3, -0.25) is 0 Å². The van der Waals surface area contributed by atoms with Crippen molar-refractivity contribution in [1.82, 2.24) is 5.32 Å². The summed E-state index contributed by atoms with van der Waals surface area (Å²) in [4.78, 5) is 0. The van der Waals surface area contributed by atoms with Gasteiger partial charge >= 0.3 is 0 Å². The Hall–Kier alpha value is -0.820. The number of rotatable bonds is 3. The molecule has 0 aliphatic heterocycles. The van der Waals surface area contributed by atoms with E-state index in [0.29, 0.717) is 6.04 Å². The summed E-state index contributed by atoms with van der Waals surface area (Å²) in [5.41, 5.74) is 5.84. The molecule has 1 atom stereocenters. The number of hydrogen-bond donors (Lipinski definition) is 1. The van der Waals surface area contributed by atoms with Gasteiger partial charge in [0.2, 0.25) is 0 Å². The number of benzene rings is 1. The summed E-state index contributed by atoms with van der Waals surface area (Å²) < 4.78 is 0. The second-order valence-corrected chi connectivity index (χ2v) is 6.60. The quantitative estimate of drug-likeness (QED) is 0.829. The first kappa shape index (κ1) is 14.6. The standard InChI is InChI=1S/C18H29N/c1-12-6-8-16(9-7-12)18(19-5)17-14(3)10-13(2)11-15(17)4/h10-12,16,18-19H,6-9H2,1-5H3. The largest absolute Gasteiger partial charge is 0.313 e. The van der Waals surface area contributed by atoms with E-state index in [4.69, 9.17) is 0 Å². The maximum Gasteiger partial charge on any atom is 0.0351 e. The van der Waals surface area contributed by atoms with Crippen molar-refractivity contribution in [2.45, 2.75) is 59.4 Å². The zero-order valence-corrected chi connectivity index (χ0v) is 13.2. The Labute approximate surface area is 118 Å². The van der Waals surface area contributed by atoms with Crippen LogP contribution in [0, 0.1) is 32.6 Å². The Bertz CT molecular complexity index is 404. The predicted molar refractivity (Wildman–Crippen MR) is 83.6 cm³/mol. The minimum Gasteiger partial charge on any atom is -0.313 e. The van der Waals surface area contributed by atoms with E-state index in [-0.39, 0.29) is 0 Å². The van der Waals surface area contributed by atoms with Gasteiger partial charge in [-0.15, -0.1) is 0 Å². The summed E-state index contributed by atoms with van der Waals surface area (Å²) in [6.07, 6.45) is 5.54. The fourth-order valence-electron chi connectivity index (χ4n) is 3.92. The summed E-state index contributed by atoms with van der Waals surface area (Å²) in [6.45, 7) is 9.13. The Kier molecular flexibility index (Phi) is 4.67. The summed E-state index contributed by atoms with van der Waals surface area (Å²) in [5.74, 6) is 1.73. The SMILES string of the molecule is CNC(c1c(C)cc(C)cc1C)C1CCC(C)CC1. The van der Waals surface area contributed by atoms with Crippen molar-refractivity contribution in [3.63, 3.8) is 0 Å². The molecule has 1 aromatic rings. The molecule has 1 heteroatoms. The highest BCUT2D eigenvalue weighted by Crippen LogP contribution is 2.38. The molecule has 19 heavy (non-hydrogen) atoms. The van der Waals surface area contributed by atoms with Gasteiger partial charge in [-0.2, -0.15) is 0 Å². The van der Waals surface area contributed by atoms with Crippen LogP contribution in [0.25, 0.3) is 0 Å². The Morgan fingerprint density at radius 1 is 1.00 bits per heavy atom. The van der Waals surface area contributed by atoms with Crippen molar-refractivity contribution in [1.29, 1.82) is 0 Å². The minimum absolute atomic E-state index is 0.535. The highest BCUT2D eigenvalue weighted by Gasteiger charge is 2.28. The fraction of sp³-hybridized carbons (Fsp3) is 0.667. The van der Waals surface area contributed by atoms with Gasteiger partial charge in [0.1, 0.15) is 0 Å². The van der Waals surface area contributed by atoms with E-state index in [1.54, 1.807) is 5.56 Å². The molecule has 1 N–H and O–H groups in total. The van der Waals surface area contributed by atoms with Crippen LogP contribution in [-0.2, 0) is 0 Å². The molecule has 0 aromatic heterocycles. The first-order valence-electron chi connectivity index (χ1n) is 7.78. The summed E-state index contributed by atoms with van der Waals surface area (Å²) >= 11 is 0. The third-order valence-corrected chi connectivity index (χ3v) is 4.89. The van der Waals surface area contributed by atoms with Gasteiger partial charge in [-0.05, 0) is 69.2 Å². The first-order chi connectivity index (χ1) is 9.02. The lowest BCUT2D eigenvalue weighted by Gasteiger charge is -2.34. The average Bonchev–Trinajstić information content (AvgIpc) is 2.35. The third kappa shape index (κ3) is 3.20. The van der Waals surface area contributed by atoms with Crippen LogP contribution >= 0.6 is 0 Å². The third-order valence-electron chi connectivity index (χ3n) is 4.89. The first-order valence-corrected chi connectivity index (χ1v) is 7.78. The van der Waals surface area contributed by atoms with Crippen molar-refractivity contribution < 1.29 is 0 Å². The van der Waals surface area contributed by atoms with Crippen LogP contribution in [0.3, 0.4) is 0 Å². The highest BCUT2D eigenvalue weighted by molar-refractivity contribution is 5.40. The van der Waals surface area contributed by atoms with Crippen molar-refractivity contribution in [2.75, 3.05) is 7.05 Å². The molecule has 1 unspecified atom stereocenters. The maximum atomic E-state index is 3.60. The molecule has 106 valence electrons. The lowest BCUT2D eigenvalue weighted by Crippen LogP contribution is -2.29. The van der Waals surface area contributed by atoms with Gasteiger partial charge in [-0.25, -0.2) is 0 Å². The Balaban J connectivity index is 2.27. The lowest BCUT2D eigenvalue weighted by molar-refractivity contribution is 0.237. The second-order valence-electron chi connectivity index (χ2n) is 6.60. The van der Waals surface area contributed by atoms with Crippen molar-refractivity contribution in [3.05, 3.63) is 34.4 Å². The highest BCUT2D eigenvalue weighted by atomic mass is 14.9. The molecular formula is C18H29N.